The van der Waals surface area contributed by atoms with Gasteiger partial charge in [0.25, 0.3) is 0 Å². The molecule has 0 aliphatic heterocycles. The molecule has 0 aromatic carbocycles. The third kappa shape index (κ3) is 3.41. The van der Waals surface area contributed by atoms with Crippen molar-refractivity contribution in [3.8, 4) is 0 Å². The van der Waals surface area contributed by atoms with E-state index in [-0.39, 0.29) is 24.2 Å². The van der Waals surface area contributed by atoms with Crippen LogP contribution >= 0.6 is 0 Å². The van der Waals surface area contributed by atoms with Crippen molar-refractivity contribution in [2.75, 3.05) is 6.61 Å². The summed E-state index contributed by atoms with van der Waals surface area (Å²) in [7, 11) is 1.78. The predicted octanol–water partition coefficient (Wildman–Crippen LogP) is 0.988. The van der Waals surface area contributed by atoms with E-state index in [2.05, 4.69) is 10.3 Å². The fourth-order valence-electron chi connectivity index (χ4n) is 1.59. The molecule has 0 aliphatic carbocycles. The number of hydrogen-bond donors (Lipinski definition) is 0. The Morgan fingerprint density at radius 2 is 2.25 bits per heavy atom. The van der Waals surface area contributed by atoms with Gasteiger partial charge >= 0.3 is 0 Å². The van der Waals surface area contributed by atoms with E-state index in [1.54, 1.807) is 17.9 Å². The van der Waals surface area contributed by atoms with Gasteiger partial charge in [-0.3, -0.25) is 9.48 Å². The molecule has 5 nitrogen and oxygen atoms in total. The summed E-state index contributed by atoms with van der Waals surface area (Å²) < 4.78 is 7.03. The van der Waals surface area contributed by atoms with E-state index in [1.807, 2.05) is 20.8 Å². The largest absolute Gasteiger partial charge is 0.370 e. The molecule has 5 heteroatoms. The van der Waals surface area contributed by atoms with Gasteiger partial charge in [0.15, 0.2) is 5.78 Å². The Bertz CT molecular complexity index is 347. The SMILES string of the molecule is CCOC(C(=O)Cc1cn(C)nn1)C(C)C. The first-order valence-electron chi connectivity index (χ1n) is 5.54. The second-order valence-electron chi connectivity index (χ2n) is 4.15. The normalized spacial score (nSPS) is 13.1. The van der Waals surface area contributed by atoms with Crippen molar-refractivity contribution in [1.82, 2.24) is 15.0 Å². The van der Waals surface area contributed by atoms with Gasteiger partial charge in [0.2, 0.25) is 0 Å². The third-order valence-electron chi connectivity index (χ3n) is 2.27. The smallest absolute Gasteiger partial charge is 0.167 e. The Hall–Kier alpha value is -1.23. The lowest BCUT2D eigenvalue weighted by molar-refractivity contribution is -0.132. The number of aryl methyl sites for hydroxylation is 1. The third-order valence-corrected chi connectivity index (χ3v) is 2.27. The summed E-state index contributed by atoms with van der Waals surface area (Å²) in [4.78, 5) is 12.0. The van der Waals surface area contributed by atoms with Gasteiger partial charge in [0, 0.05) is 19.9 Å². The summed E-state index contributed by atoms with van der Waals surface area (Å²) in [6, 6.07) is 0. The fraction of sp³-hybridized carbons (Fsp3) is 0.727. The van der Waals surface area contributed by atoms with Crippen molar-refractivity contribution in [2.45, 2.75) is 33.3 Å². The van der Waals surface area contributed by atoms with Gasteiger partial charge in [0.1, 0.15) is 6.10 Å². The van der Waals surface area contributed by atoms with E-state index < -0.39 is 0 Å². The molecular weight excluding hydrogens is 206 g/mol. The number of Topliss-reactive ketones (excluding diaryl/α,β-unsaturated/α-hetero) is 1. The highest BCUT2D eigenvalue weighted by molar-refractivity contribution is 5.85. The summed E-state index contributed by atoms with van der Waals surface area (Å²) in [5, 5.41) is 7.69. The van der Waals surface area contributed by atoms with Crippen molar-refractivity contribution in [2.24, 2.45) is 13.0 Å². The molecule has 0 saturated carbocycles. The van der Waals surface area contributed by atoms with Crippen LogP contribution in [0.5, 0.6) is 0 Å². The number of aromatic nitrogens is 3. The summed E-state index contributed by atoms with van der Waals surface area (Å²) in [6.45, 7) is 6.41. The quantitative estimate of drug-likeness (QED) is 0.724. The fourth-order valence-corrected chi connectivity index (χ4v) is 1.59. The van der Waals surface area contributed by atoms with Crippen molar-refractivity contribution in [3.63, 3.8) is 0 Å². The summed E-state index contributed by atoms with van der Waals surface area (Å²) in [5.74, 6) is 0.251. The van der Waals surface area contributed by atoms with Crippen molar-refractivity contribution < 1.29 is 9.53 Å². The van der Waals surface area contributed by atoms with Crippen LogP contribution in [0.25, 0.3) is 0 Å². The summed E-state index contributed by atoms with van der Waals surface area (Å²) in [5.41, 5.74) is 0.692. The van der Waals surface area contributed by atoms with E-state index in [4.69, 9.17) is 4.74 Å². The number of nitrogens with zero attached hydrogens (tertiary/aromatic N) is 3. The van der Waals surface area contributed by atoms with Crippen molar-refractivity contribution in [1.29, 1.82) is 0 Å². The minimum atomic E-state index is -0.341. The predicted molar refractivity (Wildman–Crippen MR) is 60.0 cm³/mol. The average Bonchev–Trinajstić information content (AvgIpc) is 2.59. The van der Waals surface area contributed by atoms with Gasteiger partial charge in [-0.25, -0.2) is 0 Å². The Morgan fingerprint density at radius 1 is 1.56 bits per heavy atom. The summed E-state index contributed by atoms with van der Waals surface area (Å²) >= 11 is 0. The lowest BCUT2D eigenvalue weighted by atomic mass is 10.00. The highest BCUT2D eigenvalue weighted by Gasteiger charge is 2.23. The molecule has 1 aromatic rings. The molecule has 1 heterocycles. The van der Waals surface area contributed by atoms with E-state index in [1.165, 1.54) is 0 Å². The standard InChI is InChI=1S/C11H19N3O2/c1-5-16-11(8(2)3)10(15)6-9-7-14(4)13-12-9/h7-8,11H,5-6H2,1-4H3. The monoisotopic (exact) mass is 225 g/mol. The molecule has 1 unspecified atom stereocenters. The van der Waals surface area contributed by atoms with Gasteiger partial charge in [-0.05, 0) is 12.8 Å². The molecule has 0 radical (unpaired) electrons. The maximum Gasteiger partial charge on any atom is 0.167 e. The van der Waals surface area contributed by atoms with Crippen LogP contribution in [-0.2, 0) is 23.0 Å². The maximum atomic E-state index is 12.0. The Morgan fingerprint density at radius 3 is 2.69 bits per heavy atom. The zero-order valence-corrected chi connectivity index (χ0v) is 10.3. The number of carbonyl (C=O) groups excluding carboxylic acids is 1. The van der Waals surface area contributed by atoms with E-state index >= 15 is 0 Å². The molecular formula is C11H19N3O2. The molecule has 0 amide bonds. The molecule has 0 N–H and O–H groups in total. The van der Waals surface area contributed by atoms with Crippen LogP contribution in [0, 0.1) is 5.92 Å². The molecule has 1 atom stereocenters. The van der Waals surface area contributed by atoms with E-state index in [0.717, 1.165) is 0 Å². The van der Waals surface area contributed by atoms with Gasteiger partial charge in [-0.15, -0.1) is 5.10 Å². The van der Waals surface area contributed by atoms with Crippen LogP contribution in [0.3, 0.4) is 0 Å². The molecule has 0 bridgehead atoms. The minimum absolute atomic E-state index is 0.0670. The first kappa shape index (κ1) is 12.8. The molecule has 16 heavy (non-hydrogen) atoms. The number of carbonyl (C=O) groups is 1. The Kier molecular flexibility index (Phi) is 4.61. The highest BCUT2D eigenvalue weighted by Crippen LogP contribution is 2.10. The number of rotatable bonds is 6. The topological polar surface area (TPSA) is 57.0 Å². The van der Waals surface area contributed by atoms with Gasteiger partial charge in [-0.1, -0.05) is 19.1 Å². The molecule has 90 valence electrons. The zero-order valence-electron chi connectivity index (χ0n) is 10.3. The van der Waals surface area contributed by atoms with E-state index in [9.17, 15) is 4.79 Å². The minimum Gasteiger partial charge on any atom is -0.370 e. The van der Waals surface area contributed by atoms with Crippen molar-refractivity contribution in [3.05, 3.63) is 11.9 Å². The van der Waals surface area contributed by atoms with Crippen LogP contribution in [0.2, 0.25) is 0 Å². The number of hydrogen-bond acceptors (Lipinski definition) is 4. The summed E-state index contributed by atoms with van der Waals surface area (Å²) in [6.07, 6.45) is 1.70. The van der Waals surface area contributed by atoms with Gasteiger partial charge < -0.3 is 4.74 Å². The zero-order chi connectivity index (χ0) is 12.1. The Labute approximate surface area is 95.8 Å². The van der Waals surface area contributed by atoms with Crippen LogP contribution < -0.4 is 0 Å². The first-order valence-corrected chi connectivity index (χ1v) is 5.54. The van der Waals surface area contributed by atoms with Crippen LogP contribution in [0.1, 0.15) is 26.5 Å². The molecule has 1 rings (SSSR count). The average molecular weight is 225 g/mol. The lowest BCUT2D eigenvalue weighted by Gasteiger charge is -2.18. The van der Waals surface area contributed by atoms with Crippen molar-refractivity contribution >= 4 is 5.78 Å². The number of ether oxygens (including phenoxy) is 1. The molecule has 1 aromatic heterocycles. The molecule has 0 spiro atoms. The second kappa shape index (κ2) is 5.75. The molecule has 0 aliphatic rings. The second-order valence-corrected chi connectivity index (χ2v) is 4.15. The Balaban J connectivity index is 2.61. The van der Waals surface area contributed by atoms with Gasteiger partial charge in [-0.2, -0.15) is 0 Å². The van der Waals surface area contributed by atoms with E-state index in [0.29, 0.717) is 12.3 Å². The number of ketones is 1. The maximum absolute atomic E-state index is 12.0. The first-order chi connectivity index (χ1) is 7.54. The lowest BCUT2D eigenvalue weighted by Crippen LogP contribution is -2.31. The van der Waals surface area contributed by atoms with Crippen LogP contribution in [0.15, 0.2) is 6.20 Å². The van der Waals surface area contributed by atoms with Gasteiger partial charge in [0.05, 0.1) is 12.1 Å². The van der Waals surface area contributed by atoms with Crippen LogP contribution in [-0.4, -0.2) is 33.5 Å². The highest BCUT2D eigenvalue weighted by atomic mass is 16.5. The molecule has 0 saturated heterocycles. The molecule has 0 fully saturated rings. The van der Waals surface area contributed by atoms with Crippen LogP contribution in [0.4, 0.5) is 0 Å².